The first-order valence-corrected chi connectivity index (χ1v) is 12.7. The lowest BCUT2D eigenvalue weighted by Crippen LogP contribution is -2.53. The molecule has 8 nitrogen and oxygen atoms in total. The van der Waals surface area contributed by atoms with Gasteiger partial charge in [0.15, 0.2) is 0 Å². The quantitative estimate of drug-likeness (QED) is 0.306. The van der Waals surface area contributed by atoms with Crippen molar-refractivity contribution in [1.82, 2.24) is 10.6 Å². The number of aliphatic carboxylic acids is 1. The minimum Gasteiger partial charge on any atom is -0.481 e. The molecule has 0 aromatic heterocycles. The molecule has 0 radical (unpaired) electrons. The molecule has 0 saturated carbocycles. The highest BCUT2D eigenvalue weighted by atomic mass is 16.5. The Kier molecular flexibility index (Phi) is 9.11. The number of amides is 2. The topological polar surface area (TPSA) is 114 Å². The zero-order chi connectivity index (χ0) is 26.9. The average Bonchev–Trinajstić information content (AvgIpc) is 3.25. The fraction of sp³-hybridized carbons (Fsp3) is 0.300. The molecule has 1 aliphatic rings. The van der Waals surface area contributed by atoms with Gasteiger partial charge in [0, 0.05) is 18.9 Å². The minimum absolute atomic E-state index is 0.0647. The predicted molar refractivity (Wildman–Crippen MR) is 143 cm³/mol. The Hall–Kier alpha value is -4.17. The number of fused-ring (bicyclic) bond motifs is 3. The summed E-state index contributed by atoms with van der Waals surface area (Å²) in [6.07, 6.45) is -1.19. The smallest absolute Gasteiger partial charge is 0.407 e. The lowest BCUT2D eigenvalue weighted by atomic mass is 9.98. The molecule has 38 heavy (non-hydrogen) atoms. The molecule has 3 aromatic carbocycles. The number of nitrogens with one attached hydrogen (secondary N) is 2. The van der Waals surface area contributed by atoms with Gasteiger partial charge in [0.1, 0.15) is 12.6 Å². The second-order valence-electron chi connectivity index (χ2n) is 9.24. The van der Waals surface area contributed by atoms with Gasteiger partial charge in [-0.2, -0.15) is 0 Å². The summed E-state index contributed by atoms with van der Waals surface area (Å²) < 4.78 is 11.5. The Labute approximate surface area is 222 Å². The standard InChI is InChI=1S/C30H32N2O6/c1-20(37-18-21-10-3-2-4-11-21)28(29(35)31-17-9-16-27(33)34)32-30(36)38-19-26-24-14-7-5-12-22(24)23-13-6-8-15-25(23)26/h2-8,10-15,20,26,28H,9,16-19H2,1H3,(H,31,35)(H,32,36)(H,33,34)/t20-,28+/m0/s1. The number of ether oxygens (including phenoxy) is 2. The number of benzene rings is 3. The predicted octanol–water partition coefficient (Wildman–Crippen LogP) is 4.48. The van der Waals surface area contributed by atoms with E-state index in [-0.39, 0.29) is 38.5 Å². The van der Waals surface area contributed by atoms with Crippen LogP contribution in [0.5, 0.6) is 0 Å². The molecule has 1 aliphatic carbocycles. The van der Waals surface area contributed by atoms with Gasteiger partial charge in [0.25, 0.3) is 0 Å². The number of carboxylic acids is 1. The Balaban J connectivity index is 1.39. The van der Waals surface area contributed by atoms with Crippen molar-refractivity contribution in [3.8, 4) is 11.1 Å². The van der Waals surface area contributed by atoms with Crippen LogP contribution in [0.3, 0.4) is 0 Å². The fourth-order valence-corrected chi connectivity index (χ4v) is 4.62. The van der Waals surface area contributed by atoms with E-state index >= 15 is 0 Å². The summed E-state index contributed by atoms with van der Waals surface area (Å²) in [5.41, 5.74) is 5.36. The van der Waals surface area contributed by atoms with Gasteiger partial charge in [0.2, 0.25) is 5.91 Å². The Bertz CT molecular complexity index is 1220. The van der Waals surface area contributed by atoms with E-state index in [0.717, 1.165) is 27.8 Å². The zero-order valence-corrected chi connectivity index (χ0v) is 21.3. The van der Waals surface area contributed by atoms with Crippen LogP contribution in [0.2, 0.25) is 0 Å². The fourth-order valence-electron chi connectivity index (χ4n) is 4.62. The van der Waals surface area contributed by atoms with Crippen LogP contribution in [-0.2, 0) is 25.7 Å². The molecule has 3 aromatic rings. The highest BCUT2D eigenvalue weighted by Crippen LogP contribution is 2.44. The van der Waals surface area contributed by atoms with E-state index in [1.165, 1.54) is 0 Å². The van der Waals surface area contributed by atoms with E-state index in [4.69, 9.17) is 14.6 Å². The van der Waals surface area contributed by atoms with Gasteiger partial charge >= 0.3 is 12.1 Å². The third-order valence-electron chi connectivity index (χ3n) is 6.59. The van der Waals surface area contributed by atoms with Gasteiger partial charge in [-0.1, -0.05) is 78.9 Å². The van der Waals surface area contributed by atoms with Crippen LogP contribution in [-0.4, -0.2) is 48.4 Å². The van der Waals surface area contributed by atoms with Crippen molar-refractivity contribution >= 4 is 18.0 Å². The summed E-state index contributed by atoms with van der Waals surface area (Å²) in [4.78, 5) is 36.6. The van der Waals surface area contributed by atoms with Crippen molar-refractivity contribution in [1.29, 1.82) is 0 Å². The minimum atomic E-state index is -1.03. The van der Waals surface area contributed by atoms with Crippen molar-refractivity contribution < 1.29 is 29.0 Å². The molecule has 0 saturated heterocycles. The maximum atomic E-state index is 13.0. The molecule has 2 atom stereocenters. The van der Waals surface area contributed by atoms with E-state index in [2.05, 4.69) is 22.8 Å². The maximum Gasteiger partial charge on any atom is 0.407 e. The van der Waals surface area contributed by atoms with Crippen LogP contribution >= 0.6 is 0 Å². The Morgan fingerprint density at radius 2 is 1.50 bits per heavy atom. The normalized spacial score (nSPS) is 13.6. The molecule has 0 fully saturated rings. The molecule has 198 valence electrons. The number of carbonyl (C=O) groups excluding carboxylic acids is 2. The zero-order valence-electron chi connectivity index (χ0n) is 21.3. The van der Waals surface area contributed by atoms with Crippen LogP contribution in [0.1, 0.15) is 42.4 Å². The van der Waals surface area contributed by atoms with Crippen LogP contribution in [0.4, 0.5) is 4.79 Å². The van der Waals surface area contributed by atoms with E-state index in [1.54, 1.807) is 6.92 Å². The molecular weight excluding hydrogens is 484 g/mol. The van der Waals surface area contributed by atoms with Crippen molar-refractivity contribution in [2.24, 2.45) is 0 Å². The molecule has 0 heterocycles. The largest absolute Gasteiger partial charge is 0.481 e. The van der Waals surface area contributed by atoms with Crippen LogP contribution in [0, 0.1) is 0 Å². The van der Waals surface area contributed by atoms with Crippen LogP contribution in [0.15, 0.2) is 78.9 Å². The first-order chi connectivity index (χ1) is 18.4. The van der Waals surface area contributed by atoms with Gasteiger partial charge in [-0.3, -0.25) is 9.59 Å². The number of hydrogen-bond donors (Lipinski definition) is 3. The molecule has 2 amide bonds. The number of rotatable bonds is 12. The third kappa shape index (κ3) is 6.77. The lowest BCUT2D eigenvalue weighted by Gasteiger charge is -2.25. The summed E-state index contributed by atoms with van der Waals surface area (Å²) in [5.74, 6) is -1.51. The van der Waals surface area contributed by atoms with Gasteiger partial charge < -0.3 is 25.2 Å². The summed E-state index contributed by atoms with van der Waals surface area (Å²) in [6, 6.07) is 24.6. The SMILES string of the molecule is C[C@H](OCc1ccccc1)[C@@H](NC(=O)OCC1c2ccccc2-c2ccccc21)C(=O)NCCCC(=O)O. The summed E-state index contributed by atoms with van der Waals surface area (Å²) >= 11 is 0. The van der Waals surface area contributed by atoms with Crippen molar-refractivity contribution in [2.75, 3.05) is 13.2 Å². The summed E-state index contributed by atoms with van der Waals surface area (Å²) in [7, 11) is 0. The van der Waals surface area contributed by atoms with E-state index in [1.807, 2.05) is 66.7 Å². The molecule has 3 N–H and O–H groups in total. The number of alkyl carbamates (subject to hydrolysis) is 1. The van der Waals surface area contributed by atoms with E-state index in [9.17, 15) is 14.4 Å². The maximum absolute atomic E-state index is 13.0. The first kappa shape index (κ1) is 26.9. The van der Waals surface area contributed by atoms with Crippen molar-refractivity contribution in [3.05, 3.63) is 95.6 Å². The highest BCUT2D eigenvalue weighted by Gasteiger charge is 2.31. The second kappa shape index (κ2) is 12.9. The molecule has 4 rings (SSSR count). The van der Waals surface area contributed by atoms with E-state index < -0.39 is 30.1 Å². The molecule has 8 heteroatoms. The average molecular weight is 517 g/mol. The second-order valence-corrected chi connectivity index (χ2v) is 9.24. The number of carbonyl (C=O) groups is 3. The number of carboxylic acid groups (broad SMARTS) is 1. The summed E-state index contributed by atoms with van der Waals surface area (Å²) in [5, 5.41) is 14.2. The van der Waals surface area contributed by atoms with Gasteiger partial charge in [-0.15, -0.1) is 0 Å². The van der Waals surface area contributed by atoms with Gasteiger partial charge in [-0.25, -0.2) is 4.79 Å². The Morgan fingerprint density at radius 3 is 2.13 bits per heavy atom. The molecule has 0 unspecified atom stereocenters. The van der Waals surface area contributed by atoms with E-state index in [0.29, 0.717) is 0 Å². The van der Waals surface area contributed by atoms with Gasteiger partial charge in [-0.05, 0) is 41.2 Å². The molecule has 0 spiro atoms. The lowest BCUT2D eigenvalue weighted by molar-refractivity contribution is -0.137. The van der Waals surface area contributed by atoms with Crippen molar-refractivity contribution in [3.63, 3.8) is 0 Å². The van der Waals surface area contributed by atoms with Crippen LogP contribution < -0.4 is 10.6 Å². The van der Waals surface area contributed by atoms with Crippen LogP contribution in [0.25, 0.3) is 11.1 Å². The van der Waals surface area contributed by atoms with Gasteiger partial charge in [0.05, 0.1) is 12.7 Å². The Morgan fingerprint density at radius 1 is 0.895 bits per heavy atom. The molecular formula is C30H32N2O6. The summed E-state index contributed by atoms with van der Waals surface area (Å²) in [6.45, 7) is 2.25. The number of hydrogen-bond acceptors (Lipinski definition) is 5. The third-order valence-corrected chi connectivity index (χ3v) is 6.59. The highest BCUT2D eigenvalue weighted by molar-refractivity contribution is 5.86. The monoisotopic (exact) mass is 516 g/mol. The molecule has 0 bridgehead atoms. The van der Waals surface area contributed by atoms with Crippen molar-refractivity contribution in [2.45, 2.75) is 44.4 Å². The first-order valence-electron chi connectivity index (χ1n) is 12.7. The molecule has 0 aliphatic heterocycles.